The maximum Gasteiger partial charge on any atom is 0.164 e. The summed E-state index contributed by atoms with van der Waals surface area (Å²) in [6, 6.07) is 58.4. The Balaban J connectivity index is 1.27. The molecule has 0 fully saturated rings. The number of nitrogens with zero attached hydrogens (tertiary/aromatic N) is 4. The van der Waals surface area contributed by atoms with Crippen molar-refractivity contribution in [2.45, 2.75) is 19.3 Å². The molecule has 0 saturated carbocycles. The molecule has 5 heteroatoms. The standard InChI is InChI=1S/C50H36N4O/c1-50(2)44-27-32(31-51)21-24-41(44)42-26-23-37(30-45(42)50)39-25-22-36(40-19-10-11-20-46(40)55-3)29-43(39)49-53-47(34-15-8-5-9-16-34)52-48(54-49)38-18-12-17-35(28-38)33-13-6-4-7-14-33/h4-30H,1-3H3. The van der Waals surface area contributed by atoms with Crippen LogP contribution in [0.15, 0.2) is 164 Å². The second kappa shape index (κ2) is 13.7. The molecule has 0 spiro atoms. The van der Waals surface area contributed by atoms with Crippen molar-refractivity contribution >= 4 is 0 Å². The highest BCUT2D eigenvalue weighted by Gasteiger charge is 2.36. The van der Waals surface area contributed by atoms with E-state index in [1.54, 1.807) is 7.11 Å². The van der Waals surface area contributed by atoms with E-state index in [1.165, 1.54) is 16.7 Å². The lowest BCUT2D eigenvalue weighted by molar-refractivity contribution is 0.416. The minimum atomic E-state index is -0.296. The highest BCUT2D eigenvalue weighted by molar-refractivity contribution is 5.90. The lowest BCUT2D eigenvalue weighted by Gasteiger charge is -2.22. The summed E-state index contributed by atoms with van der Waals surface area (Å²) >= 11 is 0. The number of hydrogen-bond acceptors (Lipinski definition) is 5. The number of rotatable bonds is 7. The molecule has 0 saturated heterocycles. The third-order valence-corrected chi connectivity index (χ3v) is 10.7. The molecular weight excluding hydrogens is 673 g/mol. The van der Waals surface area contributed by atoms with Crippen molar-refractivity contribution in [3.8, 4) is 90.5 Å². The van der Waals surface area contributed by atoms with E-state index in [-0.39, 0.29) is 5.41 Å². The molecule has 7 aromatic carbocycles. The lowest BCUT2D eigenvalue weighted by atomic mass is 9.81. The van der Waals surface area contributed by atoms with Crippen LogP contribution in [0, 0.1) is 11.3 Å². The quantitative estimate of drug-likeness (QED) is 0.165. The molecule has 262 valence electrons. The van der Waals surface area contributed by atoms with E-state index in [0.29, 0.717) is 23.0 Å². The van der Waals surface area contributed by atoms with Gasteiger partial charge in [-0.15, -0.1) is 0 Å². The van der Waals surface area contributed by atoms with E-state index < -0.39 is 0 Å². The van der Waals surface area contributed by atoms with Crippen LogP contribution in [0.3, 0.4) is 0 Å². The van der Waals surface area contributed by atoms with E-state index in [0.717, 1.165) is 61.4 Å². The van der Waals surface area contributed by atoms with Gasteiger partial charge in [0.1, 0.15) is 5.75 Å². The Labute approximate surface area is 321 Å². The fourth-order valence-corrected chi connectivity index (χ4v) is 7.82. The third-order valence-electron chi connectivity index (χ3n) is 10.7. The lowest BCUT2D eigenvalue weighted by Crippen LogP contribution is -2.15. The first-order valence-electron chi connectivity index (χ1n) is 18.4. The molecular formula is C50H36N4O. The number of methoxy groups -OCH3 is 1. The first kappa shape index (κ1) is 33.7. The number of aromatic nitrogens is 3. The molecule has 1 aromatic heterocycles. The summed E-state index contributed by atoms with van der Waals surface area (Å²) in [5, 5.41) is 9.70. The average molecular weight is 709 g/mol. The second-order valence-corrected chi connectivity index (χ2v) is 14.3. The Bertz CT molecular complexity index is 2780. The Hall–Kier alpha value is -7.16. The zero-order valence-electron chi connectivity index (χ0n) is 30.8. The van der Waals surface area contributed by atoms with Crippen molar-refractivity contribution in [3.63, 3.8) is 0 Å². The molecule has 0 radical (unpaired) electrons. The van der Waals surface area contributed by atoms with Crippen molar-refractivity contribution in [1.29, 1.82) is 5.26 Å². The monoisotopic (exact) mass is 708 g/mol. The molecule has 1 heterocycles. The van der Waals surface area contributed by atoms with Gasteiger partial charge in [0.25, 0.3) is 0 Å². The van der Waals surface area contributed by atoms with Gasteiger partial charge >= 0.3 is 0 Å². The van der Waals surface area contributed by atoms with E-state index >= 15 is 0 Å². The van der Waals surface area contributed by atoms with Crippen LogP contribution in [0.4, 0.5) is 0 Å². The highest BCUT2D eigenvalue weighted by Crippen LogP contribution is 2.50. The Morgan fingerprint density at radius 2 is 1.00 bits per heavy atom. The van der Waals surface area contributed by atoms with Gasteiger partial charge < -0.3 is 4.74 Å². The molecule has 5 nitrogen and oxygen atoms in total. The molecule has 0 atom stereocenters. The molecule has 0 aliphatic heterocycles. The zero-order valence-corrected chi connectivity index (χ0v) is 30.8. The van der Waals surface area contributed by atoms with Crippen molar-refractivity contribution in [3.05, 3.63) is 180 Å². The Morgan fingerprint density at radius 1 is 0.436 bits per heavy atom. The predicted molar refractivity (Wildman–Crippen MR) is 221 cm³/mol. The van der Waals surface area contributed by atoms with Gasteiger partial charge in [-0.25, -0.2) is 15.0 Å². The smallest absolute Gasteiger partial charge is 0.164 e. The van der Waals surface area contributed by atoms with Gasteiger partial charge in [0.15, 0.2) is 17.5 Å². The van der Waals surface area contributed by atoms with Crippen LogP contribution in [0.5, 0.6) is 5.75 Å². The number of para-hydroxylation sites is 1. The first-order chi connectivity index (χ1) is 26.9. The van der Waals surface area contributed by atoms with Crippen LogP contribution < -0.4 is 4.74 Å². The maximum atomic E-state index is 9.70. The maximum absolute atomic E-state index is 9.70. The van der Waals surface area contributed by atoms with Crippen molar-refractivity contribution in [2.24, 2.45) is 0 Å². The normalized spacial score (nSPS) is 12.4. The van der Waals surface area contributed by atoms with Crippen molar-refractivity contribution in [2.75, 3.05) is 7.11 Å². The number of ether oxygens (including phenoxy) is 1. The zero-order chi connectivity index (χ0) is 37.5. The van der Waals surface area contributed by atoms with Gasteiger partial charge in [0, 0.05) is 27.7 Å². The minimum absolute atomic E-state index is 0.296. The van der Waals surface area contributed by atoms with Gasteiger partial charge in [-0.1, -0.05) is 141 Å². The minimum Gasteiger partial charge on any atom is -0.496 e. The van der Waals surface area contributed by atoms with Crippen LogP contribution in [0.25, 0.3) is 78.7 Å². The van der Waals surface area contributed by atoms with E-state index in [1.807, 2.05) is 66.7 Å². The SMILES string of the molecule is COc1ccccc1-c1ccc(-c2ccc3c(c2)C(C)(C)c2cc(C#N)ccc2-3)c(-c2nc(-c3ccccc3)nc(-c3cccc(-c4ccccc4)c3)n2)c1. The number of benzene rings is 7. The van der Waals surface area contributed by atoms with Gasteiger partial charge in [0.05, 0.1) is 18.7 Å². The van der Waals surface area contributed by atoms with Gasteiger partial charge in [-0.2, -0.15) is 5.26 Å². The Morgan fingerprint density at radius 3 is 1.73 bits per heavy atom. The van der Waals surface area contributed by atoms with Gasteiger partial charge in [0.2, 0.25) is 0 Å². The molecule has 0 bridgehead atoms. The fraction of sp³-hybridized carbons (Fsp3) is 0.0800. The van der Waals surface area contributed by atoms with E-state index in [2.05, 4.69) is 117 Å². The molecule has 0 N–H and O–H groups in total. The summed E-state index contributed by atoms with van der Waals surface area (Å²) < 4.78 is 5.82. The fourth-order valence-electron chi connectivity index (χ4n) is 7.82. The van der Waals surface area contributed by atoms with Crippen LogP contribution >= 0.6 is 0 Å². The number of nitriles is 1. The summed E-state index contributed by atoms with van der Waals surface area (Å²) in [4.78, 5) is 15.6. The van der Waals surface area contributed by atoms with Gasteiger partial charge in [-0.05, 0) is 86.5 Å². The number of fused-ring (bicyclic) bond motifs is 3. The van der Waals surface area contributed by atoms with E-state index in [9.17, 15) is 5.26 Å². The molecule has 8 aromatic rings. The van der Waals surface area contributed by atoms with Crippen molar-refractivity contribution < 1.29 is 4.74 Å². The van der Waals surface area contributed by atoms with E-state index in [4.69, 9.17) is 19.7 Å². The molecule has 0 amide bonds. The van der Waals surface area contributed by atoms with Crippen LogP contribution in [0.2, 0.25) is 0 Å². The third kappa shape index (κ3) is 6.04. The van der Waals surface area contributed by atoms with Crippen LogP contribution in [-0.2, 0) is 5.41 Å². The average Bonchev–Trinajstić information content (AvgIpc) is 3.48. The second-order valence-electron chi connectivity index (χ2n) is 14.3. The molecule has 1 aliphatic carbocycles. The summed E-state index contributed by atoms with van der Waals surface area (Å²) in [7, 11) is 1.70. The van der Waals surface area contributed by atoms with Crippen molar-refractivity contribution in [1.82, 2.24) is 15.0 Å². The van der Waals surface area contributed by atoms with Gasteiger partial charge in [-0.3, -0.25) is 0 Å². The summed E-state index contributed by atoms with van der Waals surface area (Å²) in [6.07, 6.45) is 0. The van der Waals surface area contributed by atoms with Crippen LogP contribution in [-0.4, -0.2) is 22.1 Å². The topological polar surface area (TPSA) is 71.7 Å². The Kier molecular flexibility index (Phi) is 8.37. The van der Waals surface area contributed by atoms with Crippen LogP contribution in [0.1, 0.15) is 30.5 Å². The molecule has 0 unspecified atom stereocenters. The number of hydrogen-bond donors (Lipinski definition) is 0. The molecule has 1 aliphatic rings. The summed E-state index contributed by atoms with van der Waals surface area (Å²) in [6.45, 7) is 4.48. The largest absolute Gasteiger partial charge is 0.496 e. The predicted octanol–water partition coefficient (Wildman–Crippen LogP) is 12.1. The summed E-state index contributed by atoms with van der Waals surface area (Å²) in [5.74, 6) is 2.55. The molecule has 55 heavy (non-hydrogen) atoms. The highest BCUT2D eigenvalue weighted by atomic mass is 16.5. The summed E-state index contributed by atoms with van der Waals surface area (Å²) in [5.41, 5.74) is 14.0. The molecule has 9 rings (SSSR count). The first-order valence-corrected chi connectivity index (χ1v) is 18.4.